The first-order valence-electron chi connectivity index (χ1n) is 2.94. The third kappa shape index (κ3) is 1.52. The smallest absolute Gasteiger partial charge is 0.0968 e. The molecule has 0 fully saturated rings. The molecule has 0 nitrogen and oxygen atoms in total. The van der Waals surface area contributed by atoms with Crippen LogP contribution in [0.3, 0.4) is 0 Å². The quantitative estimate of drug-likeness (QED) is 0.598. The first-order chi connectivity index (χ1) is 4.34. The fraction of sp³-hybridized carbons (Fsp3) is 0.429. The molecule has 0 aliphatic rings. The second kappa shape index (κ2) is 2.97. The molecule has 1 aromatic heterocycles. The Hall–Kier alpha value is -0.370. The minimum atomic E-state index is -0.249. The largest absolute Gasteiger partial charge is 0.250 e. The lowest BCUT2D eigenvalue weighted by molar-refractivity contribution is 0.450. The van der Waals surface area contributed by atoms with Crippen molar-refractivity contribution in [3.8, 4) is 0 Å². The molecule has 0 spiro atoms. The Morgan fingerprint density at radius 3 is 3.00 bits per heavy atom. The summed E-state index contributed by atoms with van der Waals surface area (Å²) in [5.41, 5.74) is 0. The Morgan fingerprint density at radius 1 is 1.78 bits per heavy atom. The molecule has 0 aliphatic heterocycles. The van der Waals surface area contributed by atoms with E-state index in [1.165, 1.54) is 0 Å². The van der Waals surface area contributed by atoms with E-state index in [2.05, 4.69) is 0 Å². The van der Waals surface area contributed by atoms with Crippen molar-refractivity contribution in [1.82, 2.24) is 0 Å². The van der Waals surface area contributed by atoms with Crippen molar-refractivity contribution >= 4 is 11.3 Å². The van der Waals surface area contributed by atoms with Gasteiger partial charge in [-0.3, -0.25) is 4.39 Å². The first kappa shape index (κ1) is 6.75. The van der Waals surface area contributed by atoms with E-state index in [0.29, 0.717) is 0 Å². The Bertz CT molecular complexity index is 157. The van der Waals surface area contributed by atoms with Crippen LogP contribution in [-0.4, -0.2) is 6.67 Å². The lowest BCUT2D eigenvalue weighted by Crippen LogP contribution is -1.89. The van der Waals surface area contributed by atoms with Crippen molar-refractivity contribution in [3.05, 3.63) is 22.4 Å². The summed E-state index contributed by atoms with van der Waals surface area (Å²) < 4.78 is 12.0. The second-order valence-corrected chi connectivity index (χ2v) is 3.05. The van der Waals surface area contributed by atoms with Crippen LogP contribution >= 0.6 is 11.3 Å². The minimum absolute atomic E-state index is 0.0880. The Morgan fingerprint density at radius 2 is 2.56 bits per heavy atom. The van der Waals surface area contributed by atoms with Crippen LogP contribution in [0.5, 0.6) is 0 Å². The maximum Gasteiger partial charge on any atom is 0.0968 e. The fourth-order valence-corrected chi connectivity index (χ4v) is 1.41. The van der Waals surface area contributed by atoms with Crippen LogP contribution in [0.4, 0.5) is 4.39 Å². The van der Waals surface area contributed by atoms with Crippen LogP contribution in [0, 0.1) is 0 Å². The summed E-state index contributed by atoms with van der Waals surface area (Å²) in [4.78, 5) is 1.14. The predicted octanol–water partition coefficient (Wildman–Crippen LogP) is 2.82. The number of alkyl halides is 1. The molecule has 0 N–H and O–H groups in total. The van der Waals surface area contributed by atoms with Gasteiger partial charge in [0.2, 0.25) is 0 Å². The van der Waals surface area contributed by atoms with Crippen LogP contribution in [0.2, 0.25) is 0 Å². The third-order valence-corrected chi connectivity index (χ3v) is 2.36. The van der Waals surface area contributed by atoms with Crippen molar-refractivity contribution in [2.24, 2.45) is 0 Å². The van der Waals surface area contributed by atoms with E-state index in [1.54, 1.807) is 11.3 Å². The molecule has 50 valence electrons. The van der Waals surface area contributed by atoms with Gasteiger partial charge in [-0.1, -0.05) is 13.0 Å². The van der Waals surface area contributed by atoms with E-state index in [0.717, 1.165) is 4.88 Å². The molecule has 0 saturated carbocycles. The zero-order valence-corrected chi connectivity index (χ0v) is 6.12. The van der Waals surface area contributed by atoms with Crippen molar-refractivity contribution in [2.45, 2.75) is 12.8 Å². The maximum absolute atomic E-state index is 12.0. The Labute approximate surface area is 58.3 Å². The predicted molar refractivity (Wildman–Crippen MR) is 38.7 cm³/mol. The van der Waals surface area contributed by atoms with Crippen LogP contribution in [0.15, 0.2) is 17.5 Å². The SMILES string of the molecule is CC(CF)c1cccs1. The summed E-state index contributed by atoms with van der Waals surface area (Å²) in [5, 5.41) is 1.97. The van der Waals surface area contributed by atoms with Gasteiger partial charge in [-0.25, -0.2) is 0 Å². The van der Waals surface area contributed by atoms with Crippen molar-refractivity contribution in [1.29, 1.82) is 0 Å². The average Bonchev–Trinajstić information content (AvgIpc) is 2.37. The van der Waals surface area contributed by atoms with Gasteiger partial charge in [-0.15, -0.1) is 11.3 Å². The molecule has 0 radical (unpaired) electrons. The normalized spacial score (nSPS) is 13.6. The van der Waals surface area contributed by atoms with E-state index < -0.39 is 0 Å². The standard InChI is InChI=1S/C7H9FS/c1-6(5-8)7-3-2-4-9-7/h2-4,6H,5H2,1H3. The van der Waals surface area contributed by atoms with Gasteiger partial charge in [0.05, 0.1) is 6.67 Å². The van der Waals surface area contributed by atoms with Gasteiger partial charge < -0.3 is 0 Å². The zero-order chi connectivity index (χ0) is 6.69. The lowest BCUT2D eigenvalue weighted by Gasteiger charge is -1.99. The summed E-state index contributed by atoms with van der Waals surface area (Å²) in [5.74, 6) is 0.0880. The van der Waals surface area contributed by atoms with Gasteiger partial charge in [-0.05, 0) is 11.4 Å². The Balaban J connectivity index is 2.65. The molecular formula is C7H9FS. The van der Waals surface area contributed by atoms with E-state index in [-0.39, 0.29) is 12.6 Å². The van der Waals surface area contributed by atoms with E-state index in [1.807, 2.05) is 24.4 Å². The number of rotatable bonds is 2. The van der Waals surface area contributed by atoms with Gasteiger partial charge in [-0.2, -0.15) is 0 Å². The number of hydrogen-bond donors (Lipinski definition) is 0. The lowest BCUT2D eigenvalue weighted by atomic mass is 10.2. The molecule has 0 aliphatic carbocycles. The van der Waals surface area contributed by atoms with Gasteiger partial charge in [0.15, 0.2) is 0 Å². The van der Waals surface area contributed by atoms with Crippen LogP contribution in [0.25, 0.3) is 0 Å². The highest BCUT2D eigenvalue weighted by Gasteiger charge is 2.03. The zero-order valence-electron chi connectivity index (χ0n) is 5.30. The summed E-state index contributed by atoms with van der Waals surface area (Å²) in [6.45, 7) is 1.65. The number of hydrogen-bond acceptors (Lipinski definition) is 1. The molecule has 2 heteroatoms. The summed E-state index contributed by atoms with van der Waals surface area (Å²) in [7, 11) is 0. The highest BCUT2D eigenvalue weighted by molar-refractivity contribution is 7.10. The van der Waals surface area contributed by atoms with E-state index in [9.17, 15) is 4.39 Å². The molecule has 0 amide bonds. The van der Waals surface area contributed by atoms with Gasteiger partial charge in [0, 0.05) is 10.8 Å². The molecular weight excluding hydrogens is 135 g/mol. The maximum atomic E-state index is 12.0. The van der Waals surface area contributed by atoms with Gasteiger partial charge in [0.25, 0.3) is 0 Å². The van der Waals surface area contributed by atoms with Gasteiger partial charge in [0.1, 0.15) is 0 Å². The number of halogens is 1. The van der Waals surface area contributed by atoms with Crippen molar-refractivity contribution in [3.63, 3.8) is 0 Å². The van der Waals surface area contributed by atoms with Crippen molar-refractivity contribution < 1.29 is 4.39 Å². The van der Waals surface area contributed by atoms with Gasteiger partial charge >= 0.3 is 0 Å². The molecule has 1 aromatic rings. The second-order valence-electron chi connectivity index (χ2n) is 2.07. The molecule has 1 atom stereocenters. The monoisotopic (exact) mass is 144 g/mol. The van der Waals surface area contributed by atoms with E-state index >= 15 is 0 Å². The number of thiophene rings is 1. The topological polar surface area (TPSA) is 0 Å². The first-order valence-corrected chi connectivity index (χ1v) is 3.82. The summed E-state index contributed by atoms with van der Waals surface area (Å²) in [6, 6.07) is 3.92. The summed E-state index contributed by atoms with van der Waals surface area (Å²) in [6.07, 6.45) is 0. The molecule has 0 bridgehead atoms. The molecule has 1 unspecified atom stereocenters. The fourth-order valence-electron chi connectivity index (χ4n) is 0.648. The Kier molecular flexibility index (Phi) is 2.22. The van der Waals surface area contributed by atoms with E-state index in [4.69, 9.17) is 0 Å². The third-order valence-electron chi connectivity index (χ3n) is 1.26. The van der Waals surface area contributed by atoms with Crippen LogP contribution in [0.1, 0.15) is 17.7 Å². The molecule has 1 heterocycles. The van der Waals surface area contributed by atoms with Crippen molar-refractivity contribution in [2.75, 3.05) is 6.67 Å². The molecule has 1 rings (SSSR count). The molecule has 0 saturated heterocycles. The highest BCUT2D eigenvalue weighted by atomic mass is 32.1. The van der Waals surface area contributed by atoms with Crippen LogP contribution in [-0.2, 0) is 0 Å². The summed E-state index contributed by atoms with van der Waals surface area (Å²) >= 11 is 1.62. The molecule has 9 heavy (non-hydrogen) atoms. The van der Waals surface area contributed by atoms with Crippen LogP contribution < -0.4 is 0 Å². The highest BCUT2D eigenvalue weighted by Crippen LogP contribution is 2.20. The molecule has 0 aromatic carbocycles. The average molecular weight is 144 g/mol. The minimum Gasteiger partial charge on any atom is -0.250 e.